The van der Waals surface area contributed by atoms with Gasteiger partial charge in [0.2, 0.25) is 0 Å². The van der Waals surface area contributed by atoms with E-state index in [4.69, 9.17) is 0 Å². The molecule has 0 amide bonds. The Morgan fingerprint density at radius 3 is 2.58 bits per heavy atom. The van der Waals surface area contributed by atoms with E-state index >= 15 is 0 Å². The highest BCUT2D eigenvalue weighted by Crippen LogP contribution is 2.20. The van der Waals surface area contributed by atoms with Crippen molar-refractivity contribution in [3.05, 3.63) is 64.4 Å². The number of aromatic nitrogens is 2. The van der Waals surface area contributed by atoms with Gasteiger partial charge in [-0.1, -0.05) is 29.8 Å². The van der Waals surface area contributed by atoms with Gasteiger partial charge in [0, 0.05) is 19.3 Å². The van der Waals surface area contributed by atoms with Gasteiger partial charge in [-0.3, -0.25) is 4.79 Å². The molecule has 3 rings (SSSR count). The Morgan fingerprint density at radius 1 is 1.11 bits per heavy atom. The third-order valence-electron chi connectivity index (χ3n) is 3.35. The molecule has 0 aliphatic heterocycles. The topological polar surface area (TPSA) is 34.9 Å². The predicted octanol–water partition coefficient (Wildman–Crippen LogP) is 2.91. The third kappa shape index (κ3) is 1.93. The molecule has 0 unspecified atom stereocenters. The van der Waals surface area contributed by atoms with Crippen molar-refractivity contribution in [2.75, 3.05) is 0 Å². The number of hydrogen-bond donors (Lipinski definition) is 0. The van der Waals surface area contributed by atoms with Crippen molar-refractivity contribution >= 4 is 11.0 Å². The Labute approximate surface area is 111 Å². The Morgan fingerprint density at radius 2 is 1.84 bits per heavy atom. The lowest BCUT2D eigenvalue weighted by atomic mass is 10.1. The van der Waals surface area contributed by atoms with Crippen LogP contribution in [0.1, 0.15) is 5.56 Å². The Bertz CT molecular complexity index is 801. The molecule has 0 saturated heterocycles. The number of pyridine rings is 2. The predicted molar refractivity (Wildman–Crippen MR) is 77.2 cm³/mol. The Kier molecular flexibility index (Phi) is 2.67. The number of fused-ring (bicyclic) bond motifs is 1. The summed E-state index contributed by atoms with van der Waals surface area (Å²) in [7, 11) is 1.93. The maximum atomic E-state index is 12.1. The van der Waals surface area contributed by atoms with Crippen LogP contribution in [0.15, 0.2) is 53.5 Å². The Balaban J connectivity index is 2.33. The number of rotatable bonds is 1. The summed E-state index contributed by atoms with van der Waals surface area (Å²) in [5.74, 6) is 0. The van der Waals surface area contributed by atoms with Crippen molar-refractivity contribution < 1.29 is 0 Å². The van der Waals surface area contributed by atoms with Crippen LogP contribution in [0.25, 0.3) is 22.3 Å². The molecule has 0 spiro atoms. The first-order valence-corrected chi connectivity index (χ1v) is 6.18. The van der Waals surface area contributed by atoms with Gasteiger partial charge in [0.05, 0.1) is 11.1 Å². The molecular formula is C16H14N2O. The van der Waals surface area contributed by atoms with Gasteiger partial charge in [-0.25, -0.2) is 4.98 Å². The molecule has 0 fully saturated rings. The molecule has 0 saturated carbocycles. The van der Waals surface area contributed by atoms with Crippen LogP contribution < -0.4 is 5.43 Å². The van der Waals surface area contributed by atoms with Crippen LogP contribution in [0.2, 0.25) is 0 Å². The van der Waals surface area contributed by atoms with E-state index in [1.807, 2.05) is 48.9 Å². The zero-order chi connectivity index (χ0) is 13.4. The van der Waals surface area contributed by atoms with Crippen molar-refractivity contribution in [1.82, 2.24) is 9.55 Å². The van der Waals surface area contributed by atoms with Gasteiger partial charge in [0.15, 0.2) is 5.43 Å². The van der Waals surface area contributed by atoms with Crippen molar-refractivity contribution in [2.24, 2.45) is 7.05 Å². The van der Waals surface area contributed by atoms with Crippen LogP contribution in [0.5, 0.6) is 0 Å². The lowest BCUT2D eigenvalue weighted by Crippen LogP contribution is -2.10. The summed E-state index contributed by atoms with van der Waals surface area (Å²) >= 11 is 0. The standard InChI is InChI=1S/C16H14N2O/c1-11-5-7-12(8-6-11)14-10-15(19)13-4-3-9-17-16(13)18(14)2/h3-10H,1-2H3. The first-order valence-electron chi connectivity index (χ1n) is 6.18. The largest absolute Gasteiger partial charge is 0.328 e. The van der Waals surface area contributed by atoms with Crippen LogP contribution in [0.4, 0.5) is 0 Å². The summed E-state index contributed by atoms with van der Waals surface area (Å²) < 4.78 is 1.96. The molecule has 0 bridgehead atoms. The molecule has 0 aliphatic carbocycles. The van der Waals surface area contributed by atoms with Crippen LogP contribution in [-0.2, 0) is 7.05 Å². The maximum Gasteiger partial charge on any atom is 0.191 e. The highest BCUT2D eigenvalue weighted by atomic mass is 16.1. The van der Waals surface area contributed by atoms with Gasteiger partial charge < -0.3 is 4.57 Å². The molecule has 1 aromatic carbocycles. The van der Waals surface area contributed by atoms with E-state index in [-0.39, 0.29) is 5.43 Å². The number of aryl methyl sites for hydroxylation is 2. The highest BCUT2D eigenvalue weighted by molar-refractivity contribution is 5.78. The zero-order valence-corrected chi connectivity index (χ0v) is 10.9. The summed E-state index contributed by atoms with van der Waals surface area (Å²) in [6.45, 7) is 2.05. The van der Waals surface area contributed by atoms with Gasteiger partial charge in [-0.15, -0.1) is 0 Å². The van der Waals surface area contributed by atoms with Gasteiger partial charge in [0.25, 0.3) is 0 Å². The SMILES string of the molecule is Cc1ccc(-c2cc(=O)c3cccnc3n2C)cc1. The molecule has 3 nitrogen and oxygen atoms in total. The summed E-state index contributed by atoms with van der Waals surface area (Å²) in [5, 5.41) is 0.654. The minimum atomic E-state index is 0.0109. The van der Waals surface area contributed by atoms with Gasteiger partial charge in [-0.2, -0.15) is 0 Å². The van der Waals surface area contributed by atoms with Crippen molar-refractivity contribution in [2.45, 2.75) is 6.92 Å². The minimum absolute atomic E-state index is 0.0109. The molecule has 0 N–H and O–H groups in total. The van der Waals surface area contributed by atoms with Gasteiger partial charge in [-0.05, 0) is 24.6 Å². The number of benzene rings is 1. The molecule has 3 aromatic rings. The van der Waals surface area contributed by atoms with E-state index in [1.54, 1.807) is 18.3 Å². The summed E-state index contributed by atoms with van der Waals surface area (Å²) in [4.78, 5) is 16.4. The zero-order valence-electron chi connectivity index (χ0n) is 10.9. The molecule has 19 heavy (non-hydrogen) atoms. The van der Waals surface area contributed by atoms with Crippen LogP contribution in [-0.4, -0.2) is 9.55 Å². The van der Waals surface area contributed by atoms with Gasteiger partial charge in [0.1, 0.15) is 5.65 Å². The first-order chi connectivity index (χ1) is 9.16. The molecule has 0 atom stereocenters. The molecular weight excluding hydrogens is 236 g/mol. The van der Waals surface area contributed by atoms with Crippen LogP contribution >= 0.6 is 0 Å². The summed E-state index contributed by atoms with van der Waals surface area (Å²) in [6, 6.07) is 13.4. The van der Waals surface area contributed by atoms with Crippen molar-refractivity contribution in [1.29, 1.82) is 0 Å². The van der Waals surface area contributed by atoms with Crippen molar-refractivity contribution in [3.8, 4) is 11.3 Å². The number of nitrogens with zero attached hydrogens (tertiary/aromatic N) is 2. The van der Waals surface area contributed by atoms with Gasteiger partial charge >= 0.3 is 0 Å². The number of hydrogen-bond acceptors (Lipinski definition) is 2. The molecule has 94 valence electrons. The fourth-order valence-corrected chi connectivity index (χ4v) is 2.27. The fourth-order valence-electron chi connectivity index (χ4n) is 2.27. The van der Waals surface area contributed by atoms with E-state index in [2.05, 4.69) is 4.98 Å². The molecule has 0 aliphatic rings. The molecule has 3 heteroatoms. The van der Waals surface area contributed by atoms with Crippen LogP contribution in [0.3, 0.4) is 0 Å². The maximum absolute atomic E-state index is 12.1. The molecule has 2 aromatic heterocycles. The summed E-state index contributed by atoms with van der Waals surface area (Å²) in [5.41, 5.74) is 3.84. The van der Waals surface area contributed by atoms with E-state index < -0.39 is 0 Å². The second kappa shape index (κ2) is 4.35. The smallest absolute Gasteiger partial charge is 0.191 e. The summed E-state index contributed by atoms with van der Waals surface area (Å²) in [6.07, 6.45) is 1.71. The molecule has 2 heterocycles. The monoisotopic (exact) mass is 250 g/mol. The highest BCUT2D eigenvalue weighted by Gasteiger charge is 2.08. The second-order valence-electron chi connectivity index (χ2n) is 4.69. The van der Waals surface area contributed by atoms with Crippen LogP contribution in [0, 0.1) is 6.92 Å². The Hall–Kier alpha value is -2.42. The second-order valence-corrected chi connectivity index (χ2v) is 4.69. The fraction of sp³-hybridized carbons (Fsp3) is 0.125. The molecule has 0 radical (unpaired) electrons. The lowest BCUT2D eigenvalue weighted by Gasteiger charge is -2.11. The van der Waals surface area contributed by atoms with E-state index in [0.29, 0.717) is 11.0 Å². The average molecular weight is 250 g/mol. The minimum Gasteiger partial charge on any atom is -0.328 e. The third-order valence-corrected chi connectivity index (χ3v) is 3.35. The average Bonchev–Trinajstić information content (AvgIpc) is 2.44. The van der Waals surface area contributed by atoms with Crippen molar-refractivity contribution in [3.63, 3.8) is 0 Å². The lowest BCUT2D eigenvalue weighted by molar-refractivity contribution is 0.938. The quantitative estimate of drug-likeness (QED) is 0.665. The van der Waals surface area contributed by atoms with E-state index in [1.165, 1.54) is 5.56 Å². The van der Waals surface area contributed by atoms with E-state index in [9.17, 15) is 4.79 Å². The normalized spacial score (nSPS) is 10.8. The van der Waals surface area contributed by atoms with E-state index in [0.717, 1.165) is 11.3 Å². The first kappa shape index (κ1) is 11.7.